The summed E-state index contributed by atoms with van der Waals surface area (Å²) in [5, 5.41) is 3.84. The van der Waals surface area contributed by atoms with Crippen molar-refractivity contribution in [1.82, 2.24) is 0 Å². The fourth-order valence-electron chi connectivity index (χ4n) is 1.50. The summed E-state index contributed by atoms with van der Waals surface area (Å²) < 4.78 is 16.0. The minimum Gasteiger partial charge on any atom is -0.497 e. The number of ether oxygens (including phenoxy) is 3. The van der Waals surface area contributed by atoms with Crippen molar-refractivity contribution in [3.05, 3.63) is 23.2 Å². The minimum atomic E-state index is -0.276. The van der Waals surface area contributed by atoms with Crippen LogP contribution in [0.3, 0.4) is 0 Å². The zero-order valence-electron chi connectivity index (χ0n) is 11.0. The number of nitrogens with one attached hydrogen (secondary N) is 1. The molecule has 0 aromatic heterocycles. The Morgan fingerprint density at radius 2 is 1.89 bits per heavy atom. The summed E-state index contributed by atoms with van der Waals surface area (Å²) in [6.07, 6.45) is -0.276. The molecule has 0 unspecified atom stereocenters. The standard InChI is InChI=1S/C13H20ClNO3/c1-4-17-13(18-5-2)9-15-12-8-10(16-3)6-7-11(12)14/h6-8,13,15H,4-5,9H2,1-3H3. The lowest BCUT2D eigenvalue weighted by Gasteiger charge is -2.18. The van der Waals surface area contributed by atoms with Crippen molar-refractivity contribution in [2.75, 3.05) is 32.2 Å². The van der Waals surface area contributed by atoms with Gasteiger partial charge in [0.2, 0.25) is 0 Å². The molecule has 0 saturated heterocycles. The molecule has 0 fully saturated rings. The zero-order chi connectivity index (χ0) is 13.4. The van der Waals surface area contributed by atoms with Gasteiger partial charge in [0.15, 0.2) is 6.29 Å². The van der Waals surface area contributed by atoms with E-state index < -0.39 is 0 Å². The van der Waals surface area contributed by atoms with Crippen LogP contribution in [0.4, 0.5) is 5.69 Å². The second kappa shape index (κ2) is 8.19. The van der Waals surface area contributed by atoms with E-state index in [1.165, 1.54) is 0 Å². The van der Waals surface area contributed by atoms with Gasteiger partial charge in [0.25, 0.3) is 0 Å². The number of hydrogen-bond acceptors (Lipinski definition) is 4. The second-order valence-electron chi connectivity index (χ2n) is 3.57. The molecule has 0 aliphatic heterocycles. The van der Waals surface area contributed by atoms with Gasteiger partial charge in [-0.2, -0.15) is 0 Å². The van der Waals surface area contributed by atoms with Crippen molar-refractivity contribution >= 4 is 17.3 Å². The van der Waals surface area contributed by atoms with Gasteiger partial charge in [-0.3, -0.25) is 0 Å². The normalized spacial score (nSPS) is 10.7. The van der Waals surface area contributed by atoms with Gasteiger partial charge in [-0.15, -0.1) is 0 Å². The van der Waals surface area contributed by atoms with Crippen LogP contribution in [-0.4, -0.2) is 33.2 Å². The minimum absolute atomic E-state index is 0.276. The maximum Gasteiger partial charge on any atom is 0.174 e. The smallest absolute Gasteiger partial charge is 0.174 e. The number of anilines is 1. The second-order valence-corrected chi connectivity index (χ2v) is 3.97. The predicted molar refractivity (Wildman–Crippen MR) is 73.5 cm³/mol. The van der Waals surface area contributed by atoms with E-state index in [0.717, 1.165) is 11.4 Å². The Morgan fingerprint density at radius 1 is 1.22 bits per heavy atom. The van der Waals surface area contributed by atoms with E-state index in [2.05, 4.69) is 5.32 Å². The van der Waals surface area contributed by atoms with E-state index in [-0.39, 0.29) is 6.29 Å². The van der Waals surface area contributed by atoms with Crippen LogP contribution in [0.1, 0.15) is 13.8 Å². The predicted octanol–water partition coefficient (Wildman–Crippen LogP) is 3.16. The maximum absolute atomic E-state index is 6.09. The molecule has 102 valence electrons. The number of benzene rings is 1. The molecule has 0 aliphatic carbocycles. The first-order valence-corrected chi connectivity index (χ1v) is 6.39. The monoisotopic (exact) mass is 273 g/mol. The molecule has 1 aromatic carbocycles. The first kappa shape index (κ1) is 15.1. The van der Waals surface area contributed by atoms with Gasteiger partial charge in [-0.1, -0.05) is 11.6 Å². The molecule has 0 amide bonds. The third-order valence-corrected chi connectivity index (χ3v) is 2.67. The molecule has 0 atom stereocenters. The molecule has 1 N–H and O–H groups in total. The van der Waals surface area contributed by atoms with E-state index in [4.69, 9.17) is 25.8 Å². The average molecular weight is 274 g/mol. The lowest BCUT2D eigenvalue weighted by atomic mass is 10.3. The molecule has 0 heterocycles. The van der Waals surface area contributed by atoms with Gasteiger partial charge < -0.3 is 19.5 Å². The van der Waals surface area contributed by atoms with Crippen LogP contribution in [0.2, 0.25) is 5.02 Å². The third kappa shape index (κ3) is 4.72. The van der Waals surface area contributed by atoms with Gasteiger partial charge in [0, 0.05) is 19.3 Å². The Bertz CT molecular complexity index is 354. The Labute approximate surface area is 113 Å². The molecule has 5 heteroatoms. The van der Waals surface area contributed by atoms with Crippen LogP contribution >= 0.6 is 11.6 Å². The van der Waals surface area contributed by atoms with E-state index >= 15 is 0 Å². The molecule has 0 spiro atoms. The summed E-state index contributed by atoms with van der Waals surface area (Å²) in [7, 11) is 1.62. The van der Waals surface area contributed by atoms with Gasteiger partial charge in [-0.25, -0.2) is 0 Å². The molecule has 0 aliphatic rings. The first-order valence-electron chi connectivity index (χ1n) is 6.01. The summed E-state index contributed by atoms with van der Waals surface area (Å²) in [6, 6.07) is 5.45. The molecule has 0 radical (unpaired) electrons. The van der Waals surface area contributed by atoms with Crippen LogP contribution in [-0.2, 0) is 9.47 Å². The molecule has 18 heavy (non-hydrogen) atoms. The van der Waals surface area contributed by atoms with Gasteiger partial charge >= 0.3 is 0 Å². The maximum atomic E-state index is 6.09. The van der Waals surface area contributed by atoms with Gasteiger partial charge in [0.05, 0.1) is 24.4 Å². The highest BCUT2D eigenvalue weighted by molar-refractivity contribution is 6.33. The highest BCUT2D eigenvalue weighted by atomic mass is 35.5. The summed E-state index contributed by atoms with van der Waals surface area (Å²) in [5.74, 6) is 0.756. The van der Waals surface area contributed by atoms with Crippen LogP contribution in [0.25, 0.3) is 0 Å². The summed E-state index contributed by atoms with van der Waals surface area (Å²) in [6.45, 7) is 5.63. The van der Waals surface area contributed by atoms with Crippen molar-refractivity contribution in [3.63, 3.8) is 0 Å². The zero-order valence-corrected chi connectivity index (χ0v) is 11.8. The lowest BCUT2D eigenvalue weighted by Crippen LogP contribution is -2.26. The van der Waals surface area contributed by atoms with E-state index in [1.54, 1.807) is 13.2 Å². The van der Waals surface area contributed by atoms with Crippen molar-refractivity contribution in [2.24, 2.45) is 0 Å². The SMILES string of the molecule is CCOC(CNc1cc(OC)ccc1Cl)OCC. The largest absolute Gasteiger partial charge is 0.497 e. The van der Waals surface area contributed by atoms with E-state index in [1.807, 2.05) is 26.0 Å². The van der Waals surface area contributed by atoms with E-state index in [0.29, 0.717) is 24.8 Å². The molecule has 1 aromatic rings. The average Bonchev–Trinajstić information content (AvgIpc) is 2.38. The first-order chi connectivity index (χ1) is 8.71. The Balaban J connectivity index is 2.60. The number of rotatable bonds is 8. The molecule has 1 rings (SSSR count). The summed E-state index contributed by atoms with van der Waals surface area (Å²) >= 11 is 6.09. The highest BCUT2D eigenvalue weighted by Crippen LogP contribution is 2.26. The van der Waals surface area contributed by atoms with Crippen molar-refractivity contribution < 1.29 is 14.2 Å². The number of halogens is 1. The number of hydrogen-bond donors (Lipinski definition) is 1. The Morgan fingerprint density at radius 3 is 2.44 bits per heavy atom. The van der Waals surface area contributed by atoms with Crippen LogP contribution < -0.4 is 10.1 Å². The molecule has 4 nitrogen and oxygen atoms in total. The van der Waals surface area contributed by atoms with Gasteiger partial charge in [0.1, 0.15) is 5.75 Å². The highest BCUT2D eigenvalue weighted by Gasteiger charge is 2.09. The fourth-order valence-corrected chi connectivity index (χ4v) is 1.68. The van der Waals surface area contributed by atoms with Crippen molar-refractivity contribution in [3.8, 4) is 5.75 Å². The Hall–Kier alpha value is -0.970. The van der Waals surface area contributed by atoms with Crippen molar-refractivity contribution in [2.45, 2.75) is 20.1 Å². The summed E-state index contributed by atoms with van der Waals surface area (Å²) in [4.78, 5) is 0. The fraction of sp³-hybridized carbons (Fsp3) is 0.538. The molecule has 0 bridgehead atoms. The number of methoxy groups -OCH3 is 1. The van der Waals surface area contributed by atoms with Crippen LogP contribution in [0.15, 0.2) is 18.2 Å². The molecular formula is C13H20ClNO3. The summed E-state index contributed by atoms with van der Waals surface area (Å²) in [5.41, 5.74) is 0.806. The van der Waals surface area contributed by atoms with Crippen LogP contribution in [0.5, 0.6) is 5.75 Å². The molecular weight excluding hydrogens is 254 g/mol. The van der Waals surface area contributed by atoms with E-state index in [9.17, 15) is 0 Å². The Kier molecular flexibility index (Phi) is 6.86. The quantitative estimate of drug-likeness (QED) is 0.739. The lowest BCUT2D eigenvalue weighted by molar-refractivity contribution is -0.126. The molecule has 0 saturated carbocycles. The van der Waals surface area contributed by atoms with Crippen molar-refractivity contribution in [1.29, 1.82) is 0 Å². The topological polar surface area (TPSA) is 39.7 Å². The third-order valence-electron chi connectivity index (χ3n) is 2.34. The van der Waals surface area contributed by atoms with Gasteiger partial charge in [-0.05, 0) is 26.0 Å². The van der Waals surface area contributed by atoms with Crippen LogP contribution in [0, 0.1) is 0 Å².